The third-order valence-corrected chi connectivity index (χ3v) is 4.21. The molecular weight excluding hydrogens is 327 g/mol. The Morgan fingerprint density at radius 1 is 0.682 bits per heavy atom. The predicted molar refractivity (Wildman–Crippen MR) is 82.9 cm³/mol. The second kappa shape index (κ2) is 5.30. The van der Waals surface area contributed by atoms with Gasteiger partial charge in [0.15, 0.2) is 11.6 Å². The molecule has 0 radical (unpaired) electrons. The van der Waals surface area contributed by atoms with E-state index in [4.69, 9.17) is 32.7 Å². The van der Waals surface area contributed by atoms with Crippen molar-refractivity contribution in [1.29, 1.82) is 0 Å². The van der Waals surface area contributed by atoms with Crippen molar-refractivity contribution in [3.05, 3.63) is 56.6 Å². The second-order valence-corrected chi connectivity index (χ2v) is 5.47. The van der Waals surface area contributed by atoms with Gasteiger partial charge in [-0.05, 0) is 24.3 Å². The van der Waals surface area contributed by atoms with Crippen LogP contribution in [-0.4, -0.2) is 25.8 Å². The molecule has 0 aromatic heterocycles. The summed E-state index contributed by atoms with van der Waals surface area (Å²) >= 11 is 12.2. The Balaban J connectivity index is 2.43. The lowest BCUT2D eigenvalue weighted by atomic mass is 9.83. The first-order valence-corrected chi connectivity index (χ1v) is 7.09. The molecule has 1 aliphatic rings. The number of rotatable bonds is 2. The van der Waals surface area contributed by atoms with E-state index >= 15 is 0 Å². The molecule has 1 aliphatic carbocycles. The van der Waals surface area contributed by atoms with Gasteiger partial charge in [0.25, 0.3) is 0 Å². The number of fused-ring (bicyclic) bond motifs is 2. The molecular formula is C16H10Cl2O4. The quantitative estimate of drug-likeness (QED) is 0.714. The van der Waals surface area contributed by atoms with E-state index in [0.717, 1.165) is 0 Å². The molecule has 3 rings (SSSR count). The van der Waals surface area contributed by atoms with E-state index in [2.05, 4.69) is 0 Å². The van der Waals surface area contributed by atoms with Gasteiger partial charge in [-0.2, -0.15) is 0 Å². The largest absolute Gasteiger partial charge is 0.496 e. The van der Waals surface area contributed by atoms with Gasteiger partial charge in [-0.3, -0.25) is 9.59 Å². The Morgan fingerprint density at radius 2 is 1.05 bits per heavy atom. The fourth-order valence-corrected chi connectivity index (χ4v) is 3.09. The standard InChI is InChI=1S/C16H10Cl2O4/c1-21-9-5-6-10(22-2)14-13(9)15(19)11-7(17)3-4-8(18)12(11)16(14)20/h3-6H,1-2H3. The summed E-state index contributed by atoms with van der Waals surface area (Å²) in [6.45, 7) is 0. The van der Waals surface area contributed by atoms with Crippen LogP contribution >= 0.6 is 23.2 Å². The molecule has 2 aromatic rings. The molecule has 2 aromatic carbocycles. The average Bonchev–Trinajstić information content (AvgIpc) is 2.53. The monoisotopic (exact) mass is 336 g/mol. The molecule has 0 saturated heterocycles. The minimum absolute atomic E-state index is 0.0956. The van der Waals surface area contributed by atoms with Crippen LogP contribution in [0.25, 0.3) is 0 Å². The zero-order valence-electron chi connectivity index (χ0n) is 11.7. The summed E-state index contributed by atoms with van der Waals surface area (Å²) in [5.74, 6) is -0.243. The summed E-state index contributed by atoms with van der Waals surface area (Å²) in [6, 6.07) is 6.13. The Morgan fingerprint density at radius 3 is 1.36 bits per heavy atom. The number of hydrogen-bond donors (Lipinski definition) is 0. The van der Waals surface area contributed by atoms with Gasteiger partial charge in [-0.25, -0.2) is 0 Å². The van der Waals surface area contributed by atoms with E-state index in [1.165, 1.54) is 26.4 Å². The van der Waals surface area contributed by atoms with Crippen LogP contribution < -0.4 is 9.47 Å². The van der Waals surface area contributed by atoms with Crippen molar-refractivity contribution in [2.24, 2.45) is 0 Å². The van der Waals surface area contributed by atoms with Crippen molar-refractivity contribution in [3.8, 4) is 11.5 Å². The number of ketones is 2. The van der Waals surface area contributed by atoms with Gasteiger partial charge in [-0.1, -0.05) is 23.2 Å². The second-order valence-electron chi connectivity index (χ2n) is 4.66. The fraction of sp³-hybridized carbons (Fsp3) is 0.125. The zero-order chi connectivity index (χ0) is 16.0. The van der Waals surface area contributed by atoms with E-state index < -0.39 is 11.6 Å². The summed E-state index contributed by atoms with van der Waals surface area (Å²) in [6.07, 6.45) is 0. The minimum atomic E-state index is -0.409. The highest BCUT2D eigenvalue weighted by Gasteiger charge is 2.37. The number of ether oxygens (including phenoxy) is 2. The molecule has 0 bridgehead atoms. The van der Waals surface area contributed by atoms with Crippen molar-refractivity contribution in [1.82, 2.24) is 0 Å². The molecule has 4 nitrogen and oxygen atoms in total. The van der Waals surface area contributed by atoms with E-state index in [1.807, 2.05) is 0 Å². The molecule has 0 saturated carbocycles. The maximum atomic E-state index is 12.8. The van der Waals surface area contributed by atoms with Crippen molar-refractivity contribution < 1.29 is 19.1 Å². The Labute approximate surface area is 136 Å². The number of hydrogen-bond acceptors (Lipinski definition) is 4. The number of benzene rings is 2. The maximum Gasteiger partial charge on any atom is 0.199 e. The first-order valence-electron chi connectivity index (χ1n) is 6.33. The Bertz CT molecular complexity index is 759. The van der Waals surface area contributed by atoms with E-state index in [0.29, 0.717) is 0 Å². The Hall–Kier alpha value is -2.04. The van der Waals surface area contributed by atoms with Crippen molar-refractivity contribution in [3.63, 3.8) is 0 Å². The van der Waals surface area contributed by atoms with Crippen LogP contribution in [0.1, 0.15) is 31.8 Å². The highest BCUT2D eigenvalue weighted by molar-refractivity contribution is 6.44. The van der Waals surface area contributed by atoms with Crippen molar-refractivity contribution in [2.45, 2.75) is 0 Å². The number of carbonyl (C=O) groups excluding carboxylic acids is 2. The summed E-state index contributed by atoms with van der Waals surface area (Å²) in [4.78, 5) is 25.7. The van der Waals surface area contributed by atoms with Crippen LogP contribution in [-0.2, 0) is 0 Å². The smallest absolute Gasteiger partial charge is 0.199 e. The lowest BCUT2D eigenvalue weighted by Gasteiger charge is -2.22. The molecule has 22 heavy (non-hydrogen) atoms. The molecule has 6 heteroatoms. The number of halogens is 2. The number of methoxy groups -OCH3 is 2. The lowest BCUT2D eigenvalue weighted by Crippen LogP contribution is -2.23. The number of carbonyl (C=O) groups is 2. The van der Waals surface area contributed by atoms with Crippen LogP contribution in [0.5, 0.6) is 11.5 Å². The summed E-state index contributed by atoms with van der Waals surface area (Å²) < 4.78 is 10.4. The molecule has 0 atom stereocenters. The normalized spacial score (nSPS) is 12.7. The molecule has 0 fully saturated rings. The maximum absolute atomic E-state index is 12.8. The summed E-state index contributed by atoms with van der Waals surface area (Å²) in [7, 11) is 2.85. The van der Waals surface area contributed by atoms with Gasteiger partial charge in [-0.15, -0.1) is 0 Å². The molecule has 0 N–H and O–H groups in total. The summed E-state index contributed by atoms with van der Waals surface area (Å²) in [5.41, 5.74) is 0.475. The third kappa shape index (κ3) is 1.91. The topological polar surface area (TPSA) is 52.6 Å². The molecule has 112 valence electrons. The van der Waals surface area contributed by atoms with Gasteiger partial charge < -0.3 is 9.47 Å². The van der Waals surface area contributed by atoms with Gasteiger partial charge in [0.05, 0.1) is 46.5 Å². The van der Waals surface area contributed by atoms with E-state index in [-0.39, 0.29) is 43.8 Å². The zero-order valence-corrected chi connectivity index (χ0v) is 13.2. The fourth-order valence-electron chi connectivity index (χ4n) is 2.60. The predicted octanol–water partition coefficient (Wildman–Crippen LogP) is 3.79. The van der Waals surface area contributed by atoms with Gasteiger partial charge >= 0.3 is 0 Å². The molecule has 0 spiro atoms. The Kier molecular flexibility index (Phi) is 3.59. The lowest BCUT2D eigenvalue weighted by molar-refractivity contribution is 0.0974. The first-order chi connectivity index (χ1) is 10.5. The third-order valence-electron chi connectivity index (χ3n) is 3.58. The van der Waals surface area contributed by atoms with Crippen LogP contribution in [0, 0.1) is 0 Å². The first kappa shape index (κ1) is 14.9. The van der Waals surface area contributed by atoms with Gasteiger partial charge in [0.1, 0.15) is 11.5 Å². The van der Waals surface area contributed by atoms with Crippen LogP contribution in [0.15, 0.2) is 24.3 Å². The molecule has 0 heterocycles. The molecule has 0 unspecified atom stereocenters. The highest BCUT2D eigenvalue weighted by atomic mass is 35.5. The minimum Gasteiger partial charge on any atom is -0.496 e. The average molecular weight is 337 g/mol. The van der Waals surface area contributed by atoms with Crippen LogP contribution in [0.4, 0.5) is 0 Å². The molecule has 0 aliphatic heterocycles. The van der Waals surface area contributed by atoms with E-state index in [9.17, 15) is 9.59 Å². The van der Waals surface area contributed by atoms with E-state index in [1.54, 1.807) is 12.1 Å². The van der Waals surface area contributed by atoms with Crippen molar-refractivity contribution >= 4 is 34.8 Å². The van der Waals surface area contributed by atoms with Crippen molar-refractivity contribution in [2.75, 3.05) is 14.2 Å². The molecule has 0 amide bonds. The SMILES string of the molecule is COc1ccc(OC)c2c1C(=O)c1c(Cl)ccc(Cl)c1C2=O. The van der Waals surface area contributed by atoms with Crippen LogP contribution in [0.2, 0.25) is 10.0 Å². The van der Waals surface area contributed by atoms with Crippen LogP contribution in [0.3, 0.4) is 0 Å². The van der Waals surface area contributed by atoms with Gasteiger partial charge in [0.2, 0.25) is 0 Å². The summed E-state index contributed by atoms with van der Waals surface area (Å²) in [5, 5.41) is 0.349. The van der Waals surface area contributed by atoms with Gasteiger partial charge in [0, 0.05) is 0 Å². The highest BCUT2D eigenvalue weighted by Crippen LogP contribution is 2.42.